The highest BCUT2D eigenvalue weighted by Gasteiger charge is 2.34. The van der Waals surface area contributed by atoms with Gasteiger partial charge in [0, 0.05) is 23.5 Å². The molecule has 1 aromatic heterocycles. The predicted molar refractivity (Wildman–Crippen MR) is 167 cm³/mol. The Morgan fingerprint density at radius 2 is 1.69 bits per heavy atom. The van der Waals surface area contributed by atoms with Crippen LogP contribution < -0.4 is 10.9 Å². The molecule has 4 aromatic rings. The number of aromatic amines is 1. The average Bonchev–Trinajstić information content (AvgIpc) is 2.97. The van der Waals surface area contributed by atoms with Crippen LogP contribution in [0.25, 0.3) is 22.0 Å². The van der Waals surface area contributed by atoms with E-state index in [1.165, 1.54) is 16.7 Å². The van der Waals surface area contributed by atoms with Crippen LogP contribution in [0.15, 0.2) is 115 Å². The number of hydrogen-bond donors (Lipinski definition) is 2. The summed E-state index contributed by atoms with van der Waals surface area (Å²) in [6.07, 6.45) is 10.1. The van der Waals surface area contributed by atoms with Crippen LogP contribution in [0.2, 0.25) is 0 Å². The highest BCUT2D eigenvalue weighted by Crippen LogP contribution is 2.42. The molecule has 0 aliphatic rings. The normalized spacial score (nSPS) is 13.2. The lowest BCUT2D eigenvalue weighted by molar-refractivity contribution is 0.726. The maximum atomic E-state index is 12.6. The molecule has 0 radical (unpaired) electrons. The van der Waals surface area contributed by atoms with E-state index in [2.05, 4.69) is 99.0 Å². The quantitative estimate of drug-likeness (QED) is 0.147. The first-order chi connectivity index (χ1) is 19.0. The number of aromatic nitrogens is 1. The van der Waals surface area contributed by atoms with Gasteiger partial charge in [0.15, 0.2) is 0 Å². The SMILES string of the molecule is C=CCCc1cc(C(C=C)(/C(C)=C/NCCC)c2ccc3[nH]c(=O)cc(-c4ccccc4)c3c2)ccc1CC. The Labute approximate surface area is 233 Å². The summed E-state index contributed by atoms with van der Waals surface area (Å²) in [7, 11) is 0. The lowest BCUT2D eigenvalue weighted by Gasteiger charge is -2.34. The third-order valence-electron chi connectivity index (χ3n) is 7.68. The number of benzene rings is 3. The van der Waals surface area contributed by atoms with Gasteiger partial charge < -0.3 is 10.3 Å². The van der Waals surface area contributed by atoms with Crippen LogP contribution in [0.1, 0.15) is 55.9 Å². The van der Waals surface area contributed by atoms with Gasteiger partial charge in [-0.2, -0.15) is 0 Å². The van der Waals surface area contributed by atoms with Gasteiger partial charge in [-0.3, -0.25) is 4.79 Å². The minimum Gasteiger partial charge on any atom is -0.391 e. The van der Waals surface area contributed by atoms with E-state index in [0.29, 0.717) is 0 Å². The van der Waals surface area contributed by atoms with Crippen LogP contribution in [0.3, 0.4) is 0 Å². The summed E-state index contributed by atoms with van der Waals surface area (Å²) in [5.41, 5.74) is 8.28. The number of hydrogen-bond acceptors (Lipinski definition) is 2. The van der Waals surface area contributed by atoms with E-state index in [-0.39, 0.29) is 5.56 Å². The molecular weight excluding hydrogens is 476 g/mol. The van der Waals surface area contributed by atoms with Gasteiger partial charge in [0.1, 0.15) is 0 Å². The molecule has 3 nitrogen and oxygen atoms in total. The third kappa shape index (κ3) is 5.68. The third-order valence-corrected chi connectivity index (χ3v) is 7.68. The van der Waals surface area contributed by atoms with Crippen molar-refractivity contribution in [1.82, 2.24) is 10.3 Å². The zero-order valence-electron chi connectivity index (χ0n) is 23.5. The zero-order valence-corrected chi connectivity index (χ0v) is 23.5. The number of pyridine rings is 1. The first kappa shape index (κ1) is 27.9. The van der Waals surface area contributed by atoms with Crippen molar-refractivity contribution in [2.24, 2.45) is 0 Å². The Kier molecular flexibility index (Phi) is 9.03. The standard InChI is InChI=1S/C36H40N2O/c1-6-10-14-29-22-30(18-17-27(29)8-3)36(9-4,26(5)25-37-21-7-2)31-19-20-34-33(23-31)32(24-35(39)38-34)28-15-12-11-13-16-28/h6,9,11-13,15-20,22-25,37H,1,4,7-8,10,14,21H2,2-3,5H3,(H,38,39)/b26-25+. The minimum atomic E-state index is -0.561. The Morgan fingerprint density at radius 3 is 2.38 bits per heavy atom. The van der Waals surface area contributed by atoms with E-state index in [1.807, 2.05) is 30.3 Å². The molecule has 0 saturated carbocycles. The fourth-order valence-electron chi connectivity index (χ4n) is 5.56. The summed E-state index contributed by atoms with van der Waals surface area (Å²) >= 11 is 0. The van der Waals surface area contributed by atoms with Gasteiger partial charge in [0.25, 0.3) is 0 Å². The van der Waals surface area contributed by atoms with Gasteiger partial charge in [0.05, 0.1) is 5.41 Å². The molecule has 3 heteroatoms. The Balaban J connectivity index is 2.01. The summed E-state index contributed by atoms with van der Waals surface area (Å²) in [6, 6.07) is 25.1. The minimum absolute atomic E-state index is 0.106. The van der Waals surface area contributed by atoms with Gasteiger partial charge in [-0.05, 0) is 89.9 Å². The van der Waals surface area contributed by atoms with Crippen molar-refractivity contribution < 1.29 is 0 Å². The molecular formula is C36H40N2O. The highest BCUT2D eigenvalue weighted by molar-refractivity contribution is 5.95. The second-order valence-corrected chi connectivity index (χ2v) is 10.1. The molecule has 0 spiro atoms. The van der Waals surface area contributed by atoms with E-state index in [9.17, 15) is 4.79 Å². The number of H-pyrrole nitrogens is 1. The van der Waals surface area contributed by atoms with E-state index in [0.717, 1.165) is 65.4 Å². The molecule has 1 unspecified atom stereocenters. The molecule has 0 saturated heterocycles. The van der Waals surface area contributed by atoms with Gasteiger partial charge in [-0.25, -0.2) is 0 Å². The first-order valence-electron chi connectivity index (χ1n) is 14.0. The van der Waals surface area contributed by atoms with Crippen LogP contribution >= 0.6 is 0 Å². The molecule has 3 aromatic carbocycles. The summed E-state index contributed by atoms with van der Waals surface area (Å²) in [6.45, 7) is 15.8. The molecule has 0 aliphatic carbocycles. The molecule has 2 N–H and O–H groups in total. The monoisotopic (exact) mass is 516 g/mol. The molecule has 1 heterocycles. The molecule has 0 amide bonds. The van der Waals surface area contributed by atoms with Crippen LogP contribution in [0.4, 0.5) is 0 Å². The Morgan fingerprint density at radius 1 is 0.949 bits per heavy atom. The fourth-order valence-corrected chi connectivity index (χ4v) is 5.56. The van der Waals surface area contributed by atoms with Crippen molar-refractivity contribution in [2.45, 2.75) is 51.9 Å². The van der Waals surface area contributed by atoms with Gasteiger partial charge >= 0.3 is 0 Å². The zero-order chi connectivity index (χ0) is 27.8. The van der Waals surface area contributed by atoms with Crippen LogP contribution in [-0.4, -0.2) is 11.5 Å². The maximum Gasteiger partial charge on any atom is 0.249 e. The lowest BCUT2D eigenvalue weighted by Crippen LogP contribution is -2.28. The van der Waals surface area contributed by atoms with Gasteiger partial charge in [-0.15, -0.1) is 13.2 Å². The van der Waals surface area contributed by atoms with E-state index < -0.39 is 5.41 Å². The molecule has 0 aliphatic heterocycles. The van der Waals surface area contributed by atoms with E-state index >= 15 is 0 Å². The molecule has 39 heavy (non-hydrogen) atoms. The second kappa shape index (κ2) is 12.6. The van der Waals surface area contributed by atoms with Crippen LogP contribution in [0.5, 0.6) is 0 Å². The predicted octanol–water partition coefficient (Wildman–Crippen LogP) is 8.25. The fraction of sp³-hybridized carbons (Fsp3) is 0.250. The largest absolute Gasteiger partial charge is 0.391 e. The van der Waals surface area contributed by atoms with Crippen LogP contribution in [0, 0.1) is 0 Å². The molecule has 0 fully saturated rings. The number of fused-ring (bicyclic) bond motifs is 1. The summed E-state index contributed by atoms with van der Waals surface area (Å²) in [5, 5.41) is 4.51. The van der Waals surface area contributed by atoms with Crippen molar-refractivity contribution in [2.75, 3.05) is 6.54 Å². The van der Waals surface area contributed by atoms with Gasteiger partial charge in [-0.1, -0.05) is 80.6 Å². The highest BCUT2D eigenvalue weighted by atomic mass is 16.1. The molecule has 4 rings (SSSR count). The van der Waals surface area contributed by atoms with Crippen molar-refractivity contribution in [3.63, 3.8) is 0 Å². The lowest BCUT2D eigenvalue weighted by atomic mass is 9.68. The van der Waals surface area contributed by atoms with Crippen molar-refractivity contribution in [1.29, 1.82) is 0 Å². The molecule has 200 valence electrons. The number of allylic oxidation sites excluding steroid dienone is 3. The van der Waals surface area contributed by atoms with Gasteiger partial charge in [0.2, 0.25) is 5.56 Å². The summed E-state index contributed by atoms with van der Waals surface area (Å²) < 4.78 is 0. The van der Waals surface area contributed by atoms with Crippen LogP contribution in [-0.2, 0) is 18.3 Å². The molecule has 0 bridgehead atoms. The van der Waals surface area contributed by atoms with Crippen molar-refractivity contribution in [3.05, 3.63) is 142 Å². The smallest absolute Gasteiger partial charge is 0.249 e. The number of rotatable bonds is 12. The number of nitrogens with one attached hydrogen (secondary N) is 2. The molecule has 1 atom stereocenters. The summed E-state index contributed by atoms with van der Waals surface area (Å²) in [4.78, 5) is 15.6. The van der Waals surface area contributed by atoms with E-state index in [1.54, 1.807) is 6.07 Å². The van der Waals surface area contributed by atoms with Crippen molar-refractivity contribution in [3.8, 4) is 11.1 Å². The number of aryl methyl sites for hydroxylation is 2. The van der Waals surface area contributed by atoms with Crippen molar-refractivity contribution >= 4 is 10.9 Å². The topological polar surface area (TPSA) is 44.9 Å². The Bertz CT molecular complexity index is 1540. The average molecular weight is 517 g/mol. The Hall–Kier alpha value is -4.11. The maximum absolute atomic E-state index is 12.6. The second-order valence-electron chi connectivity index (χ2n) is 10.1. The van der Waals surface area contributed by atoms with E-state index in [4.69, 9.17) is 0 Å². The first-order valence-corrected chi connectivity index (χ1v) is 14.0. The summed E-state index contributed by atoms with van der Waals surface area (Å²) in [5.74, 6) is 0.